The summed E-state index contributed by atoms with van der Waals surface area (Å²) in [6.07, 6.45) is 2.03. The predicted octanol–water partition coefficient (Wildman–Crippen LogP) is 2.09. The van der Waals surface area contributed by atoms with E-state index < -0.39 is 0 Å². The van der Waals surface area contributed by atoms with Crippen molar-refractivity contribution in [2.24, 2.45) is 5.92 Å². The van der Waals surface area contributed by atoms with Crippen LogP contribution >= 0.6 is 0 Å². The summed E-state index contributed by atoms with van der Waals surface area (Å²) in [6, 6.07) is 7.13. The van der Waals surface area contributed by atoms with Gasteiger partial charge in [0.2, 0.25) is 0 Å². The molecule has 0 aliphatic carbocycles. The fraction of sp³-hybridized carbons (Fsp3) is 0.438. The van der Waals surface area contributed by atoms with Crippen LogP contribution in [0.15, 0.2) is 36.9 Å². The maximum atomic E-state index is 12.4. The van der Waals surface area contributed by atoms with Crippen molar-refractivity contribution in [3.63, 3.8) is 0 Å². The van der Waals surface area contributed by atoms with Crippen LogP contribution in [0.5, 0.6) is 5.75 Å². The molecule has 108 valence electrons. The highest BCUT2D eigenvalue weighted by atomic mass is 16.5. The zero-order valence-electron chi connectivity index (χ0n) is 11.8. The Balaban J connectivity index is 2.00. The molecule has 0 saturated carbocycles. The standard InChI is InChI=1S/C16H21NO3/c1-3-10-20-14-6-4-13(5-7-14)16(19)17-9-8-15(18)12(2)11-17/h3-7,12,15,18H,1,8-11H2,2H3. The summed E-state index contributed by atoms with van der Waals surface area (Å²) in [6.45, 7) is 7.23. The van der Waals surface area contributed by atoms with Crippen LogP contribution in [-0.4, -0.2) is 41.7 Å². The summed E-state index contributed by atoms with van der Waals surface area (Å²) in [7, 11) is 0. The number of aliphatic hydroxyl groups is 1. The Labute approximate surface area is 119 Å². The summed E-state index contributed by atoms with van der Waals surface area (Å²) in [5, 5.41) is 9.70. The van der Waals surface area contributed by atoms with Crippen molar-refractivity contribution in [1.82, 2.24) is 4.90 Å². The Kier molecular flexibility index (Phi) is 4.79. The Morgan fingerprint density at radius 1 is 1.50 bits per heavy atom. The lowest BCUT2D eigenvalue weighted by atomic mass is 9.96. The number of aliphatic hydroxyl groups excluding tert-OH is 1. The summed E-state index contributed by atoms with van der Waals surface area (Å²) >= 11 is 0. The zero-order valence-corrected chi connectivity index (χ0v) is 11.8. The molecule has 1 saturated heterocycles. The van der Waals surface area contributed by atoms with Crippen molar-refractivity contribution < 1.29 is 14.6 Å². The maximum absolute atomic E-state index is 12.4. The van der Waals surface area contributed by atoms with Gasteiger partial charge in [-0.25, -0.2) is 0 Å². The molecule has 1 aliphatic rings. The maximum Gasteiger partial charge on any atom is 0.253 e. The van der Waals surface area contributed by atoms with E-state index in [1.54, 1.807) is 35.2 Å². The van der Waals surface area contributed by atoms with Crippen LogP contribution in [0.2, 0.25) is 0 Å². The van der Waals surface area contributed by atoms with Crippen molar-refractivity contribution in [2.45, 2.75) is 19.4 Å². The molecule has 2 rings (SSSR count). The van der Waals surface area contributed by atoms with Crippen LogP contribution in [-0.2, 0) is 0 Å². The average Bonchev–Trinajstić information content (AvgIpc) is 2.48. The van der Waals surface area contributed by atoms with E-state index in [-0.39, 0.29) is 17.9 Å². The molecule has 2 unspecified atom stereocenters. The van der Waals surface area contributed by atoms with Crippen molar-refractivity contribution in [2.75, 3.05) is 19.7 Å². The van der Waals surface area contributed by atoms with Crippen molar-refractivity contribution in [1.29, 1.82) is 0 Å². The van der Waals surface area contributed by atoms with Crippen LogP contribution < -0.4 is 4.74 Å². The Morgan fingerprint density at radius 3 is 2.80 bits per heavy atom. The molecule has 4 heteroatoms. The van der Waals surface area contributed by atoms with Gasteiger partial charge in [-0.15, -0.1) is 0 Å². The quantitative estimate of drug-likeness (QED) is 0.856. The first kappa shape index (κ1) is 14.6. The Morgan fingerprint density at radius 2 is 2.20 bits per heavy atom. The second kappa shape index (κ2) is 6.57. The first-order valence-corrected chi connectivity index (χ1v) is 6.93. The molecule has 0 spiro atoms. The van der Waals surface area contributed by atoms with Gasteiger partial charge in [-0.2, -0.15) is 0 Å². The van der Waals surface area contributed by atoms with Crippen LogP contribution in [0.25, 0.3) is 0 Å². The molecule has 1 aromatic rings. The predicted molar refractivity (Wildman–Crippen MR) is 77.8 cm³/mol. The van der Waals surface area contributed by atoms with Gasteiger partial charge >= 0.3 is 0 Å². The lowest BCUT2D eigenvalue weighted by Crippen LogP contribution is -2.44. The van der Waals surface area contributed by atoms with Gasteiger partial charge in [0.05, 0.1) is 6.10 Å². The number of carbonyl (C=O) groups is 1. The number of nitrogens with zero attached hydrogens (tertiary/aromatic N) is 1. The lowest BCUT2D eigenvalue weighted by molar-refractivity contribution is 0.0297. The molecule has 1 fully saturated rings. The number of rotatable bonds is 4. The third-order valence-electron chi connectivity index (χ3n) is 3.62. The fourth-order valence-electron chi connectivity index (χ4n) is 2.35. The molecule has 1 heterocycles. The molecule has 1 aliphatic heterocycles. The summed E-state index contributed by atoms with van der Waals surface area (Å²) in [4.78, 5) is 14.2. The Bertz CT molecular complexity index is 469. The first-order valence-electron chi connectivity index (χ1n) is 6.93. The van der Waals surface area contributed by atoms with Gasteiger partial charge in [-0.1, -0.05) is 19.6 Å². The number of piperidine rings is 1. The second-order valence-corrected chi connectivity index (χ2v) is 5.21. The van der Waals surface area contributed by atoms with Gasteiger partial charge in [-0.3, -0.25) is 4.79 Å². The number of likely N-dealkylation sites (tertiary alicyclic amines) is 1. The van der Waals surface area contributed by atoms with Crippen molar-refractivity contribution >= 4 is 5.91 Å². The highest BCUT2D eigenvalue weighted by molar-refractivity contribution is 5.94. The minimum Gasteiger partial charge on any atom is -0.490 e. The number of benzene rings is 1. The minimum atomic E-state index is -0.297. The van der Waals surface area contributed by atoms with E-state index >= 15 is 0 Å². The SMILES string of the molecule is C=CCOc1ccc(C(=O)N2CCC(O)C(C)C2)cc1. The van der Waals surface area contributed by atoms with E-state index in [2.05, 4.69) is 6.58 Å². The summed E-state index contributed by atoms with van der Waals surface area (Å²) in [5.74, 6) is 0.866. The molecular formula is C16H21NO3. The topological polar surface area (TPSA) is 49.8 Å². The van der Waals surface area contributed by atoms with E-state index in [1.807, 2.05) is 6.92 Å². The molecule has 0 radical (unpaired) electrons. The van der Waals surface area contributed by atoms with Crippen LogP contribution in [0.3, 0.4) is 0 Å². The molecular weight excluding hydrogens is 254 g/mol. The van der Waals surface area contributed by atoms with Crippen molar-refractivity contribution in [3.8, 4) is 5.75 Å². The van der Waals surface area contributed by atoms with Gasteiger partial charge in [0.1, 0.15) is 12.4 Å². The van der Waals surface area contributed by atoms with Crippen molar-refractivity contribution in [3.05, 3.63) is 42.5 Å². The monoisotopic (exact) mass is 275 g/mol. The minimum absolute atomic E-state index is 0.0130. The normalized spacial score (nSPS) is 22.4. The molecule has 2 atom stereocenters. The van der Waals surface area contributed by atoms with Gasteiger partial charge in [-0.05, 0) is 36.6 Å². The highest BCUT2D eigenvalue weighted by Crippen LogP contribution is 2.20. The third kappa shape index (κ3) is 3.39. The first-order chi connectivity index (χ1) is 9.61. The Hall–Kier alpha value is -1.81. The number of ether oxygens (including phenoxy) is 1. The fourth-order valence-corrected chi connectivity index (χ4v) is 2.35. The van der Waals surface area contributed by atoms with E-state index in [4.69, 9.17) is 4.74 Å². The smallest absolute Gasteiger partial charge is 0.253 e. The molecule has 0 aromatic heterocycles. The number of hydrogen-bond acceptors (Lipinski definition) is 3. The second-order valence-electron chi connectivity index (χ2n) is 5.21. The lowest BCUT2D eigenvalue weighted by Gasteiger charge is -2.34. The van der Waals surface area contributed by atoms with Crippen LogP contribution in [0.1, 0.15) is 23.7 Å². The van der Waals surface area contributed by atoms with Crippen LogP contribution in [0.4, 0.5) is 0 Å². The number of amides is 1. The molecule has 1 aromatic carbocycles. The zero-order chi connectivity index (χ0) is 14.5. The van der Waals surface area contributed by atoms with E-state index in [0.29, 0.717) is 31.7 Å². The van der Waals surface area contributed by atoms with Gasteiger partial charge in [0, 0.05) is 18.7 Å². The molecule has 1 N–H and O–H groups in total. The largest absolute Gasteiger partial charge is 0.490 e. The summed E-state index contributed by atoms with van der Waals surface area (Å²) < 4.78 is 5.39. The molecule has 4 nitrogen and oxygen atoms in total. The average molecular weight is 275 g/mol. The van der Waals surface area contributed by atoms with Gasteiger partial charge in [0.25, 0.3) is 5.91 Å². The molecule has 1 amide bonds. The van der Waals surface area contributed by atoms with E-state index in [9.17, 15) is 9.90 Å². The molecule has 20 heavy (non-hydrogen) atoms. The molecule has 0 bridgehead atoms. The van der Waals surface area contributed by atoms with E-state index in [0.717, 1.165) is 5.75 Å². The van der Waals surface area contributed by atoms with Gasteiger partial charge in [0.15, 0.2) is 0 Å². The highest BCUT2D eigenvalue weighted by Gasteiger charge is 2.27. The van der Waals surface area contributed by atoms with E-state index in [1.165, 1.54) is 0 Å². The number of hydrogen-bond donors (Lipinski definition) is 1. The van der Waals surface area contributed by atoms with Crippen LogP contribution in [0, 0.1) is 5.92 Å². The third-order valence-corrected chi connectivity index (χ3v) is 3.62. The summed E-state index contributed by atoms with van der Waals surface area (Å²) in [5.41, 5.74) is 0.652. The van der Waals surface area contributed by atoms with Gasteiger partial charge < -0.3 is 14.7 Å². The number of carbonyl (C=O) groups excluding carboxylic acids is 1.